The number of carboxylic acid groups (broad SMARTS) is 2. The molecule has 0 fully saturated rings. The highest BCUT2D eigenvalue weighted by molar-refractivity contribution is 8.93. The van der Waals surface area contributed by atoms with E-state index in [9.17, 15) is 14.7 Å². The van der Waals surface area contributed by atoms with Crippen LogP contribution in [0, 0.1) is 0 Å². The van der Waals surface area contributed by atoms with Crippen LogP contribution in [0.5, 0.6) is 0 Å². The first kappa shape index (κ1) is 15.8. The van der Waals surface area contributed by atoms with Crippen molar-refractivity contribution in [3.05, 3.63) is 65.5 Å². The van der Waals surface area contributed by atoms with Gasteiger partial charge in [0.15, 0.2) is 18.9 Å². The van der Waals surface area contributed by atoms with Crippen LogP contribution in [0.1, 0.15) is 26.3 Å². The molecule has 0 aliphatic rings. The van der Waals surface area contributed by atoms with Gasteiger partial charge in [0.05, 0.1) is 11.5 Å². The fraction of sp³-hybridized carbons (Fsp3) is 0.0714. The third kappa shape index (κ3) is 3.89. The summed E-state index contributed by atoms with van der Waals surface area (Å²) in [6.45, 7) is 0.535. The van der Waals surface area contributed by atoms with E-state index < -0.39 is 11.9 Å². The lowest BCUT2D eigenvalue weighted by Crippen LogP contribution is -2.34. The quantitative estimate of drug-likeness (QED) is 0.831. The van der Waals surface area contributed by atoms with E-state index in [1.165, 1.54) is 24.3 Å². The molecule has 0 amide bonds. The lowest BCUT2D eigenvalue weighted by molar-refractivity contribution is -0.688. The Morgan fingerprint density at radius 1 is 1.00 bits per heavy atom. The van der Waals surface area contributed by atoms with E-state index >= 15 is 0 Å². The molecule has 0 radical (unpaired) electrons. The molecule has 1 aromatic carbocycles. The minimum Gasteiger partial charge on any atom is -0.545 e. The van der Waals surface area contributed by atoms with Crippen LogP contribution >= 0.6 is 17.0 Å². The molecule has 0 bridgehead atoms. The summed E-state index contributed by atoms with van der Waals surface area (Å²) in [6, 6.07) is 9.44. The van der Waals surface area contributed by atoms with Gasteiger partial charge in [-0.25, -0.2) is 9.36 Å². The topological polar surface area (TPSA) is 81.3 Å². The first-order valence-electron chi connectivity index (χ1n) is 5.59. The summed E-state index contributed by atoms with van der Waals surface area (Å²) in [5.41, 5.74) is 1.29. The minimum atomic E-state index is -1.21. The monoisotopic (exact) mass is 337 g/mol. The van der Waals surface area contributed by atoms with Crippen molar-refractivity contribution in [1.82, 2.24) is 0 Å². The molecule has 0 atom stereocenters. The molecule has 20 heavy (non-hydrogen) atoms. The Balaban J connectivity index is 0.00000200. The van der Waals surface area contributed by atoms with Crippen molar-refractivity contribution >= 4 is 28.9 Å². The maximum absolute atomic E-state index is 10.7. The van der Waals surface area contributed by atoms with Gasteiger partial charge in [-0.15, -0.1) is 17.0 Å². The Kier molecular flexibility index (Phi) is 5.40. The number of aromatic carboxylic acids is 2. The highest BCUT2D eigenvalue weighted by atomic mass is 79.9. The molecule has 0 unspecified atom stereocenters. The number of hydrogen-bond acceptors (Lipinski definition) is 3. The smallest absolute Gasteiger partial charge is 0.335 e. The van der Waals surface area contributed by atoms with Gasteiger partial charge in [-0.05, 0) is 12.1 Å². The lowest BCUT2D eigenvalue weighted by Gasteiger charge is -2.02. The number of benzene rings is 1. The number of carbonyl (C=O) groups is 2. The Hall–Kier alpha value is -2.21. The molecule has 0 aliphatic heterocycles. The van der Waals surface area contributed by atoms with Crippen molar-refractivity contribution in [3.8, 4) is 0 Å². The number of hydrogen-bond donors (Lipinski definition) is 1. The van der Waals surface area contributed by atoms with E-state index in [-0.39, 0.29) is 28.1 Å². The van der Waals surface area contributed by atoms with Crippen molar-refractivity contribution in [1.29, 1.82) is 0 Å². The summed E-state index contributed by atoms with van der Waals surface area (Å²) in [5, 5.41) is 19.4. The third-order valence-electron chi connectivity index (χ3n) is 2.69. The van der Waals surface area contributed by atoms with Crippen LogP contribution in [0.4, 0.5) is 0 Å². The van der Waals surface area contributed by atoms with E-state index in [1.54, 1.807) is 29.1 Å². The number of aromatic nitrogens is 1. The van der Waals surface area contributed by atoms with Gasteiger partial charge in [0.2, 0.25) is 0 Å². The molecule has 1 aromatic heterocycles. The van der Waals surface area contributed by atoms with Gasteiger partial charge in [0, 0.05) is 23.3 Å². The van der Waals surface area contributed by atoms with Gasteiger partial charge in [-0.3, -0.25) is 0 Å². The first-order chi connectivity index (χ1) is 9.06. The number of rotatable bonds is 4. The fourth-order valence-electron chi connectivity index (χ4n) is 1.66. The molecule has 1 N–H and O–H groups in total. The van der Waals surface area contributed by atoms with Crippen molar-refractivity contribution < 1.29 is 24.4 Å². The Morgan fingerprint density at radius 2 is 1.55 bits per heavy atom. The molecule has 104 valence electrons. The average molecular weight is 338 g/mol. The lowest BCUT2D eigenvalue weighted by atomic mass is 10.1. The van der Waals surface area contributed by atoms with Gasteiger partial charge in [-0.2, -0.15) is 0 Å². The highest BCUT2D eigenvalue weighted by Crippen LogP contribution is 2.04. The van der Waals surface area contributed by atoms with E-state index in [4.69, 9.17) is 5.11 Å². The molecule has 6 heteroatoms. The van der Waals surface area contributed by atoms with E-state index in [0.29, 0.717) is 6.54 Å². The zero-order valence-electron chi connectivity index (χ0n) is 10.4. The average Bonchev–Trinajstić information content (AvgIpc) is 2.40. The van der Waals surface area contributed by atoms with Crippen LogP contribution in [-0.2, 0) is 6.54 Å². The second kappa shape index (κ2) is 6.81. The molecule has 0 saturated carbocycles. The van der Waals surface area contributed by atoms with Crippen LogP contribution in [0.2, 0.25) is 0 Å². The normalized spacial score (nSPS) is 9.60. The second-order valence-electron chi connectivity index (χ2n) is 4.05. The maximum Gasteiger partial charge on any atom is 0.335 e. The first-order valence-corrected chi connectivity index (χ1v) is 5.59. The zero-order valence-corrected chi connectivity index (χ0v) is 12.1. The largest absolute Gasteiger partial charge is 0.545 e. The fourth-order valence-corrected chi connectivity index (χ4v) is 1.66. The van der Waals surface area contributed by atoms with Crippen LogP contribution in [0.25, 0.3) is 0 Å². The number of pyridine rings is 1. The Labute approximate surface area is 125 Å². The molecule has 1 heterocycles. The Bertz CT molecular complexity index is 553. The van der Waals surface area contributed by atoms with Crippen LogP contribution in [0.15, 0.2) is 48.8 Å². The molecular formula is C14H12BrNO4. The van der Waals surface area contributed by atoms with Crippen molar-refractivity contribution in [2.24, 2.45) is 0 Å². The zero-order chi connectivity index (χ0) is 13.8. The van der Waals surface area contributed by atoms with Crippen LogP contribution in [-0.4, -0.2) is 17.0 Å². The van der Waals surface area contributed by atoms with Crippen LogP contribution in [0.3, 0.4) is 0 Å². The van der Waals surface area contributed by atoms with E-state index in [2.05, 4.69) is 0 Å². The van der Waals surface area contributed by atoms with Gasteiger partial charge in [0.25, 0.3) is 0 Å². The molecule has 5 nitrogen and oxygen atoms in total. The summed E-state index contributed by atoms with van der Waals surface area (Å²) >= 11 is 0. The SMILES string of the molecule is Br.O=C([O-])c1cc[n+](Cc2ccc(C(=O)O)cc2)cc1. The number of carbonyl (C=O) groups excluding carboxylic acids is 1. The van der Waals surface area contributed by atoms with Crippen molar-refractivity contribution in [2.45, 2.75) is 6.54 Å². The molecule has 2 rings (SSSR count). The van der Waals surface area contributed by atoms with Crippen LogP contribution < -0.4 is 9.67 Å². The van der Waals surface area contributed by atoms with Gasteiger partial charge in [0.1, 0.15) is 0 Å². The number of halogens is 1. The molecule has 0 aliphatic carbocycles. The second-order valence-corrected chi connectivity index (χ2v) is 4.05. The van der Waals surface area contributed by atoms with Gasteiger partial charge < -0.3 is 15.0 Å². The summed E-state index contributed by atoms with van der Waals surface area (Å²) in [6.07, 6.45) is 3.27. The molecule has 0 saturated heterocycles. The molecule has 0 spiro atoms. The summed E-state index contributed by atoms with van der Waals surface area (Å²) in [4.78, 5) is 21.3. The van der Waals surface area contributed by atoms with Crippen molar-refractivity contribution in [3.63, 3.8) is 0 Å². The predicted octanol–water partition coefficient (Wildman–Crippen LogP) is 0.662. The molecule has 2 aromatic rings. The summed E-state index contributed by atoms with van der Waals surface area (Å²) < 4.78 is 1.79. The predicted molar refractivity (Wildman–Crippen MR) is 73.8 cm³/mol. The minimum absolute atomic E-state index is 0. The Morgan fingerprint density at radius 3 is 2.00 bits per heavy atom. The maximum atomic E-state index is 10.7. The highest BCUT2D eigenvalue weighted by Gasteiger charge is 2.06. The van der Waals surface area contributed by atoms with E-state index in [0.717, 1.165) is 5.56 Å². The third-order valence-corrected chi connectivity index (χ3v) is 2.69. The standard InChI is InChI=1S/C14H11NO4.BrH/c16-13(17)11-3-1-10(2-4-11)9-15-7-5-12(6-8-15)14(18)19;/h1-8H,9H2,(H-,16,17,18,19);1H. The number of nitrogens with zero attached hydrogens (tertiary/aromatic N) is 1. The molecular weight excluding hydrogens is 326 g/mol. The van der Waals surface area contributed by atoms with E-state index in [1.807, 2.05) is 0 Å². The summed E-state index contributed by atoms with van der Waals surface area (Å²) in [7, 11) is 0. The number of carboxylic acids is 2. The van der Waals surface area contributed by atoms with Crippen molar-refractivity contribution in [2.75, 3.05) is 0 Å². The van der Waals surface area contributed by atoms with Gasteiger partial charge in [-0.1, -0.05) is 12.1 Å². The summed E-state index contributed by atoms with van der Waals surface area (Å²) in [5.74, 6) is -2.17. The van der Waals surface area contributed by atoms with Gasteiger partial charge >= 0.3 is 5.97 Å².